The van der Waals surface area contributed by atoms with Crippen LogP contribution in [0.5, 0.6) is 0 Å². The highest BCUT2D eigenvalue weighted by Gasteiger charge is 2.24. The van der Waals surface area contributed by atoms with Gasteiger partial charge in [0.15, 0.2) is 0 Å². The van der Waals surface area contributed by atoms with Crippen LogP contribution in [0.15, 0.2) is 35.9 Å². The fourth-order valence-electron chi connectivity index (χ4n) is 3.66. The van der Waals surface area contributed by atoms with E-state index in [4.69, 9.17) is 11.6 Å². The number of nitrogens with one attached hydrogen (secondary N) is 1. The number of hydrogen-bond acceptors (Lipinski definition) is 3. The van der Waals surface area contributed by atoms with E-state index in [2.05, 4.69) is 17.3 Å². The number of aromatic nitrogens is 2. The van der Waals surface area contributed by atoms with Gasteiger partial charge in [-0.05, 0) is 37.3 Å². The number of rotatable bonds is 5. The molecule has 0 radical (unpaired) electrons. The summed E-state index contributed by atoms with van der Waals surface area (Å²) in [6.45, 7) is 4.51. The van der Waals surface area contributed by atoms with Gasteiger partial charge in [0, 0.05) is 11.6 Å². The van der Waals surface area contributed by atoms with Gasteiger partial charge >= 0.3 is 0 Å². The molecule has 2 aromatic rings. The third-order valence-corrected chi connectivity index (χ3v) is 5.76. The lowest BCUT2D eigenvalue weighted by Gasteiger charge is -2.29. The van der Waals surface area contributed by atoms with Crippen LogP contribution in [0.3, 0.4) is 0 Å². The van der Waals surface area contributed by atoms with Crippen LogP contribution < -0.4 is 5.32 Å². The lowest BCUT2D eigenvalue weighted by Crippen LogP contribution is -2.41. The molecule has 1 aromatic carbocycles. The Hall–Kier alpha value is -2.58. The molecule has 3 rings (SSSR count). The molecule has 1 saturated carbocycles. The van der Waals surface area contributed by atoms with Crippen molar-refractivity contribution in [3.8, 4) is 6.07 Å². The smallest absolute Gasteiger partial charge is 0.262 e. The molecule has 0 spiro atoms. The van der Waals surface area contributed by atoms with Crippen molar-refractivity contribution in [1.29, 1.82) is 5.26 Å². The Morgan fingerprint density at radius 1 is 1.36 bits per heavy atom. The van der Waals surface area contributed by atoms with Gasteiger partial charge in [-0.25, -0.2) is 4.68 Å². The summed E-state index contributed by atoms with van der Waals surface area (Å²) in [5, 5.41) is 17.5. The van der Waals surface area contributed by atoms with Crippen molar-refractivity contribution in [2.75, 3.05) is 0 Å². The maximum atomic E-state index is 12.6. The predicted molar refractivity (Wildman–Crippen MR) is 111 cm³/mol. The number of hydrogen-bond donors (Lipinski definition) is 1. The molecule has 1 aliphatic carbocycles. The molecule has 1 fully saturated rings. The molecule has 0 saturated heterocycles. The van der Waals surface area contributed by atoms with Gasteiger partial charge in [0.2, 0.25) is 0 Å². The molecular weight excluding hydrogens is 372 g/mol. The first-order valence-electron chi connectivity index (χ1n) is 9.69. The molecule has 1 amide bonds. The summed E-state index contributed by atoms with van der Waals surface area (Å²) in [7, 11) is 0. The zero-order chi connectivity index (χ0) is 20.1. The van der Waals surface area contributed by atoms with Gasteiger partial charge in [0.1, 0.15) is 16.8 Å². The molecule has 1 N–H and O–H groups in total. The highest BCUT2D eigenvalue weighted by molar-refractivity contribution is 6.31. The number of aryl methyl sites for hydroxylation is 1. The van der Waals surface area contributed by atoms with Crippen molar-refractivity contribution in [3.63, 3.8) is 0 Å². The molecule has 2 atom stereocenters. The second-order valence-corrected chi connectivity index (χ2v) is 7.80. The molecule has 0 unspecified atom stereocenters. The minimum atomic E-state index is -0.340. The summed E-state index contributed by atoms with van der Waals surface area (Å²) in [6, 6.07) is 12.0. The van der Waals surface area contributed by atoms with E-state index in [0.29, 0.717) is 28.9 Å². The first-order valence-corrected chi connectivity index (χ1v) is 10.1. The maximum absolute atomic E-state index is 12.6. The predicted octanol–water partition coefficient (Wildman–Crippen LogP) is 4.50. The monoisotopic (exact) mass is 396 g/mol. The van der Waals surface area contributed by atoms with E-state index < -0.39 is 0 Å². The number of carbonyl (C=O) groups is 1. The molecule has 146 valence electrons. The molecule has 5 nitrogen and oxygen atoms in total. The van der Waals surface area contributed by atoms with Crippen LogP contribution >= 0.6 is 11.6 Å². The number of nitriles is 1. The summed E-state index contributed by atoms with van der Waals surface area (Å²) < 4.78 is 1.69. The average molecular weight is 397 g/mol. The second-order valence-electron chi connectivity index (χ2n) is 7.44. The fourth-order valence-corrected chi connectivity index (χ4v) is 3.95. The Balaban J connectivity index is 1.80. The SMILES string of the molecule is Cc1nn(Cc2ccccc2)c(Cl)c1/C=C(\C#N)C(=O)N[C@@H]1CCCC[C@@H]1C. The van der Waals surface area contributed by atoms with Crippen LogP contribution in [0.1, 0.15) is 49.4 Å². The van der Waals surface area contributed by atoms with Crippen LogP contribution in [0.2, 0.25) is 5.15 Å². The third-order valence-electron chi connectivity index (χ3n) is 5.37. The van der Waals surface area contributed by atoms with E-state index in [-0.39, 0.29) is 17.5 Å². The van der Waals surface area contributed by atoms with Crippen molar-refractivity contribution in [1.82, 2.24) is 15.1 Å². The topological polar surface area (TPSA) is 70.7 Å². The Morgan fingerprint density at radius 2 is 2.07 bits per heavy atom. The second kappa shape index (κ2) is 9.07. The van der Waals surface area contributed by atoms with Crippen molar-refractivity contribution >= 4 is 23.6 Å². The van der Waals surface area contributed by atoms with Crippen molar-refractivity contribution < 1.29 is 4.79 Å². The van der Waals surface area contributed by atoms with Gasteiger partial charge in [-0.1, -0.05) is 61.7 Å². The Kier molecular flexibility index (Phi) is 6.53. The lowest BCUT2D eigenvalue weighted by atomic mass is 9.86. The molecule has 1 heterocycles. The largest absolute Gasteiger partial charge is 0.348 e. The molecule has 6 heteroatoms. The van der Waals surface area contributed by atoms with E-state index in [1.807, 2.05) is 43.3 Å². The number of amides is 1. The van der Waals surface area contributed by atoms with Crippen molar-refractivity contribution in [2.24, 2.45) is 5.92 Å². The number of carbonyl (C=O) groups excluding carboxylic acids is 1. The van der Waals surface area contributed by atoms with Gasteiger partial charge < -0.3 is 5.32 Å². The van der Waals surface area contributed by atoms with Gasteiger partial charge in [-0.3, -0.25) is 4.79 Å². The normalized spacial score (nSPS) is 19.9. The maximum Gasteiger partial charge on any atom is 0.262 e. The molecule has 1 aromatic heterocycles. The van der Waals surface area contributed by atoms with Crippen molar-refractivity contribution in [2.45, 2.75) is 52.1 Å². The van der Waals surface area contributed by atoms with Gasteiger partial charge in [-0.15, -0.1) is 0 Å². The molecular formula is C22H25ClN4O. The number of halogens is 1. The Bertz CT molecular complexity index is 911. The summed E-state index contributed by atoms with van der Waals surface area (Å²) >= 11 is 6.52. The van der Waals surface area contributed by atoms with Crippen LogP contribution in [-0.2, 0) is 11.3 Å². The third kappa shape index (κ3) is 4.63. The Labute approximate surface area is 171 Å². The summed E-state index contributed by atoms with van der Waals surface area (Å²) in [5.74, 6) is 0.0871. The van der Waals surface area contributed by atoms with Gasteiger partial charge in [0.05, 0.1) is 12.2 Å². The summed E-state index contributed by atoms with van der Waals surface area (Å²) in [6.07, 6.45) is 5.92. The van der Waals surface area contributed by atoms with Crippen LogP contribution in [0.4, 0.5) is 0 Å². The minimum absolute atomic E-state index is 0.0574. The summed E-state index contributed by atoms with van der Waals surface area (Å²) in [4.78, 5) is 12.6. The average Bonchev–Trinajstić information content (AvgIpc) is 2.95. The zero-order valence-corrected chi connectivity index (χ0v) is 17.0. The number of nitrogens with zero attached hydrogens (tertiary/aromatic N) is 3. The minimum Gasteiger partial charge on any atom is -0.348 e. The van der Waals surface area contributed by atoms with Gasteiger partial charge in [-0.2, -0.15) is 10.4 Å². The van der Waals surface area contributed by atoms with Crippen molar-refractivity contribution in [3.05, 3.63) is 57.9 Å². The van der Waals surface area contributed by atoms with Crippen LogP contribution in [0, 0.1) is 24.2 Å². The molecule has 0 aliphatic heterocycles. The fraction of sp³-hybridized carbons (Fsp3) is 0.409. The van der Waals surface area contributed by atoms with E-state index in [1.54, 1.807) is 10.8 Å². The first kappa shape index (κ1) is 20.2. The molecule has 1 aliphatic rings. The van der Waals surface area contributed by atoms with Crippen LogP contribution in [-0.4, -0.2) is 21.7 Å². The summed E-state index contributed by atoms with van der Waals surface area (Å²) in [5.41, 5.74) is 2.43. The highest BCUT2D eigenvalue weighted by atomic mass is 35.5. The molecule has 28 heavy (non-hydrogen) atoms. The quantitative estimate of drug-likeness (QED) is 0.597. The highest BCUT2D eigenvalue weighted by Crippen LogP contribution is 2.26. The van der Waals surface area contributed by atoms with E-state index >= 15 is 0 Å². The Morgan fingerprint density at radius 3 is 2.75 bits per heavy atom. The number of benzene rings is 1. The first-order chi connectivity index (χ1) is 13.5. The van der Waals surface area contributed by atoms with Crippen LogP contribution in [0.25, 0.3) is 6.08 Å². The standard InChI is InChI=1S/C22H25ClN4O/c1-15-8-6-7-11-20(15)25-22(28)18(13-24)12-19-16(2)26-27(21(19)23)14-17-9-4-3-5-10-17/h3-5,9-10,12,15,20H,6-8,11,14H2,1-2H3,(H,25,28)/b18-12+/t15-,20+/m0/s1. The zero-order valence-electron chi connectivity index (χ0n) is 16.3. The van der Waals surface area contributed by atoms with Gasteiger partial charge in [0.25, 0.3) is 5.91 Å². The van der Waals surface area contributed by atoms with E-state index in [1.165, 1.54) is 6.42 Å². The molecule has 0 bridgehead atoms. The lowest BCUT2D eigenvalue weighted by molar-refractivity contribution is -0.118. The van der Waals surface area contributed by atoms with E-state index in [9.17, 15) is 10.1 Å². The van der Waals surface area contributed by atoms with E-state index in [0.717, 1.165) is 24.8 Å².